The molecule has 0 spiro atoms. The number of rotatable bonds is 2. The van der Waals surface area contributed by atoms with E-state index in [1.54, 1.807) is 6.20 Å². The molecule has 0 saturated carbocycles. The lowest BCUT2D eigenvalue weighted by Gasteiger charge is -2.16. The molecule has 2 heterocycles. The zero-order valence-corrected chi connectivity index (χ0v) is 7.93. The van der Waals surface area contributed by atoms with E-state index in [1.807, 2.05) is 11.0 Å². The summed E-state index contributed by atoms with van der Waals surface area (Å²) >= 11 is 0. The summed E-state index contributed by atoms with van der Waals surface area (Å²) in [6.07, 6.45) is 2.28. The molecule has 76 valence electrons. The molecule has 1 unspecified atom stereocenters. The predicted molar refractivity (Wildman–Crippen MR) is 52.8 cm³/mol. The number of aliphatic hydroxyl groups is 1. The number of nitrogens with zero attached hydrogens (tertiary/aromatic N) is 3. The quantitative estimate of drug-likeness (QED) is 0.664. The normalized spacial score (nSPS) is 21.6. The highest BCUT2D eigenvalue weighted by Crippen LogP contribution is 2.17. The van der Waals surface area contributed by atoms with Gasteiger partial charge in [0, 0.05) is 19.3 Å². The Morgan fingerprint density at radius 1 is 1.64 bits per heavy atom. The van der Waals surface area contributed by atoms with Crippen LogP contribution in [0.3, 0.4) is 0 Å². The molecule has 1 aromatic heterocycles. The molecule has 1 atom stereocenters. The van der Waals surface area contributed by atoms with Crippen molar-refractivity contribution in [3.05, 3.63) is 18.1 Å². The molecule has 0 aliphatic carbocycles. The average molecular weight is 194 g/mol. The zero-order chi connectivity index (χ0) is 9.97. The maximum atomic E-state index is 9.38. The van der Waals surface area contributed by atoms with E-state index in [9.17, 15) is 5.11 Å². The van der Waals surface area contributed by atoms with Gasteiger partial charge in [-0.2, -0.15) is 0 Å². The lowest BCUT2D eigenvalue weighted by atomic mass is 10.3. The van der Waals surface area contributed by atoms with Crippen molar-refractivity contribution in [2.75, 3.05) is 18.0 Å². The molecular weight excluding hydrogens is 180 g/mol. The van der Waals surface area contributed by atoms with Crippen LogP contribution in [0.4, 0.5) is 5.82 Å². The second-order valence-corrected chi connectivity index (χ2v) is 3.42. The summed E-state index contributed by atoms with van der Waals surface area (Å²) in [7, 11) is 0. The summed E-state index contributed by atoms with van der Waals surface area (Å²) in [5.41, 5.74) is 5.45. The number of hydrogen-bond donors (Lipinski definition) is 2. The maximum absolute atomic E-state index is 9.38. The Labute approximate surface area is 82.6 Å². The Bertz CT molecular complexity index is 317. The summed E-state index contributed by atoms with van der Waals surface area (Å²) < 4.78 is 0. The third-order valence-electron chi connectivity index (χ3n) is 2.36. The molecule has 2 rings (SSSR count). The third kappa shape index (κ3) is 1.83. The third-order valence-corrected chi connectivity index (χ3v) is 2.36. The summed E-state index contributed by atoms with van der Waals surface area (Å²) in [5, 5.41) is 9.38. The van der Waals surface area contributed by atoms with Gasteiger partial charge in [-0.05, 0) is 12.5 Å². The second-order valence-electron chi connectivity index (χ2n) is 3.42. The van der Waals surface area contributed by atoms with Gasteiger partial charge in [-0.3, -0.25) is 0 Å². The van der Waals surface area contributed by atoms with Crippen molar-refractivity contribution < 1.29 is 5.11 Å². The molecule has 1 aromatic rings. The van der Waals surface area contributed by atoms with Gasteiger partial charge < -0.3 is 15.7 Å². The molecule has 3 N–H and O–H groups in total. The maximum Gasteiger partial charge on any atom is 0.144 e. The van der Waals surface area contributed by atoms with Crippen molar-refractivity contribution in [2.45, 2.75) is 19.1 Å². The highest BCUT2D eigenvalue weighted by atomic mass is 16.3. The van der Waals surface area contributed by atoms with Gasteiger partial charge in [0.05, 0.1) is 12.6 Å². The molecule has 5 nitrogen and oxygen atoms in total. The van der Waals surface area contributed by atoms with Crippen molar-refractivity contribution in [1.29, 1.82) is 0 Å². The standard InChI is InChI=1S/C9H14N4O/c10-5-8-11-3-1-9(12-8)13-4-2-7(14)6-13/h1,3,7,14H,2,4-6,10H2. The van der Waals surface area contributed by atoms with E-state index in [-0.39, 0.29) is 6.10 Å². The Hall–Kier alpha value is -1.20. The fraction of sp³-hybridized carbons (Fsp3) is 0.556. The zero-order valence-electron chi connectivity index (χ0n) is 7.93. The SMILES string of the molecule is NCc1nccc(N2CCC(O)C2)n1. The first kappa shape index (κ1) is 9.36. The summed E-state index contributed by atoms with van der Waals surface area (Å²) in [4.78, 5) is 10.4. The first-order chi connectivity index (χ1) is 6.79. The van der Waals surface area contributed by atoms with Crippen LogP contribution < -0.4 is 10.6 Å². The van der Waals surface area contributed by atoms with Gasteiger partial charge in [-0.25, -0.2) is 9.97 Å². The summed E-state index contributed by atoms with van der Waals surface area (Å²) in [5.74, 6) is 1.50. The number of aliphatic hydroxyl groups excluding tert-OH is 1. The molecule has 0 radical (unpaired) electrons. The van der Waals surface area contributed by atoms with E-state index in [0.29, 0.717) is 18.9 Å². The Balaban J connectivity index is 2.15. The smallest absolute Gasteiger partial charge is 0.144 e. The van der Waals surface area contributed by atoms with Gasteiger partial charge in [0.1, 0.15) is 11.6 Å². The predicted octanol–water partition coefficient (Wildman–Crippen LogP) is -0.494. The van der Waals surface area contributed by atoms with Crippen molar-refractivity contribution in [2.24, 2.45) is 5.73 Å². The minimum Gasteiger partial charge on any atom is -0.391 e. The van der Waals surface area contributed by atoms with E-state index in [0.717, 1.165) is 18.8 Å². The summed E-state index contributed by atoms with van der Waals surface area (Å²) in [6, 6.07) is 1.84. The molecule has 0 amide bonds. The van der Waals surface area contributed by atoms with Crippen LogP contribution in [0, 0.1) is 0 Å². The van der Waals surface area contributed by atoms with Gasteiger partial charge >= 0.3 is 0 Å². The van der Waals surface area contributed by atoms with E-state index in [4.69, 9.17) is 5.73 Å². The lowest BCUT2D eigenvalue weighted by molar-refractivity contribution is 0.198. The first-order valence-electron chi connectivity index (χ1n) is 4.74. The van der Waals surface area contributed by atoms with Crippen LogP contribution in [0.2, 0.25) is 0 Å². The molecule has 0 aromatic carbocycles. The number of nitrogens with two attached hydrogens (primary N) is 1. The van der Waals surface area contributed by atoms with Gasteiger partial charge in [0.25, 0.3) is 0 Å². The second kappa shape index (κ2) is 3.89. The van der Waals surface area contributed by atoms with Crippen molar-refractivity contribution in [3.8, 4) is 0 Å². The summed E-state index contributed by atoms with van der Waals surface area (Å²) in [6.45, 7) is 1.85. The molecule has 1 fully saturated rings. The molecule has 5 heteroatoms. The van der Waals surface area contributed by atoms with Crippen LogP contribution >= 0.6 is 0 Å². The Morgan fingerprint density at radius 2 is 2.50 bits per heavy atom. The first-order valence-corrected chi connectivity index (χ1v) is 4.74. The van der Waals surface area contributed by atoms with Crippen LogP contribution in [-0.4, -0.2) is 34.3 Å². The minimum absolute atomic E-state index is 0.230. The fourth-order valence-electron chi connectivity index (χ4n) is 1.61. The number of anilines is 1. The van der Waals surface area contributed by atoms with Crippen molar-refractivity contribution in [3.63, 3.8) is 0 Å². The highest BCUT2D eigenvalue weighted by molar-refractivity contribution is 5.38. The molecule has 1 saturated heterocycles. The Morgan fingerprint density at radius 3 is 3.14 bits per heavy atom. The van der Waals surface area contributed by atoms with Crippen molar-refractivity contribution in [1.82, 2.24) is 9.97 Å². The minimum atomic E-state index is -0.230. The Kier molecular flexibility index (Phi) is 2.60. The van der Waals surface area contributed by atoms with E-state index in [1.165, 1.54) is 0 Å². The fourth-order valence-corrected chi connectivity index (χ4v) is 1.61. The lowest BCUT2D eigenvalue weighted by Crippen LogP contribution is -2.23. The number of hydrogen-bond acceptors (Lipinski definition) is 5. The van der Waals surface area contributed by atoms with Gasteiger partial charge in [-0.1, -0.05) is 0 Å². The van der Waals surface area contributed by atoms with Crippen LogP contribution in [-0.2, 0) is 6.54 Å². The number of aromatic nitrogens is 2. The van der Waals surface area contributed by atoms with Gasteiger partial charge in [-0.15, -0.1) is 0 Å². The molecule has 0 bridgehead atoms. The molecule has 1 aliphatic rings. The largest absolute Gasteiger partial charge is 0.391 e. The van der Waals surface area contributed by atoms with Crippen LogP contribution in [0.15, 0.2) is 12.3 Å². The van der Waals surface area contributed by atoms with E-state index in [2.05, 4.69) is 9.97 Å². The van der Waals surface area contributed by atoms with Gasteiger partial charge in [0.15, 0.2) is 0 Å². The van der Waals surface area contributed by atoms with Crippen LogP contribution in [0.1, 0.15) is 12.2 Å². The van der Waals surface area contributed by atoms with Crippen LogP contribution in [0.25, 0.3) is 0 Å². The van der Waals surface area contributed by atoms with Gasteiger partial charge in [0.2, 0.25) is 0 Å². The van der Waals surface area contributed by atoms with E-state index < -0.39 is 0 Å². The van der Waals surface area contributed by atoms with E-state index >= 15 is 0 Å². The monoisotopic (exact) mass is 194 g/mol. The molecule has 14 heavy (non-hydrogen) atoms. The molecular formula is C9H14N4O. The molecule has 1 aliphatic heterocycles. The highest BCUT2D eigenvalue weighted by Gasteiger charge is 2.21. The number of β-amino-alcohol motifs (C(OH)–C–C–N with tert-alkyl or cyclic N) is 1. The average Bonchev–Trinajstić information content (AvgIpc) is 2.65. The van der Waals surface area contributed by atoms with Crippen LogP contribution in [0.5, 0.6) is 0 Å². The van der Waals surface area contributed by atoms with Crippen molar-refractivity contribution >= 4 is 5.82 Å². The topological polar surface area (TPSA) is 75.3 Å².